The number of hydrogen-bond donors (Lipinski definition) is 0. The second kappa shape index (κ2) is 7.58. The lowest BCUT2D eigenvalue weighted by molar-refractivity contribution is 0.148. The molecule has 3 nitrogen and oxygen atoms in total. The van der Waals surface area contributed by atoms with E-state index in [0.717, 1.165) is 37.1 Å². The summed E-state index contributed by atoms with van der Waals surface area (Å²) in [5, 5.41) is 2.21. The molecule has 0 aliphatic heterocycles. The molecular formula is C15H19BrN2O. The zero-order valence-electron chi connectivity index (χ0n) is 11.2. The third kappa shape index (κ3) is 4.00. The number of halogens is 1. The molecule has 0 unspecified atom stereocenters. The molecule has 102 valence electrons. The van der Waals surface area contributed by atoms with Gasteiger partial charge >= 0.3 is 0 Å². The molecule has 0 radical (unpaired) electrons. The Morgan fingerprint density at radius 1 is 1.21 bits per heavy atom. The van der Waals surface area contributed by atoms with Gasteiger partial charge in [0, 0.05) is 43.7 Å². The molecule has 0 fully saturated rings. The maximum atomic E-state index is 5.17. The van der Waals surface area contributed by atoms with E-state index in [-0.39, 0.29) is 0 Å². The fourth-order valence-electron chi connectivity index (χ4n) is 2.14. The number of nitrogens with zero attached hydrogens (tertiary/aromatic N) is 2. The minimum absolute atomic E-state index is 0.760. The molecule has 1 heterocycles. The van der Waals surface area contributed by atoms with E-state index < -0.39 is 0 Å². The van der Waals surface area contributed by atoms with Gasteiger partial charge in [-0.05, 0) is 17.7 Å². The molecule has 0 aliphatic rings. The molecule has 0 atom stereocenters. The zero-order chi connectivity index (χ0) is 13.5. The summed E-state index contributed by atoms with van der Waals surface area (Å²) in [5.41, 5.74) is 2.38. The summed E-state index contributed by atoms with van der Waals surface area (Å²) >= 11 is 3.51. The van der Waals surface area contributed by atoms with Crippen LogP contribution in [0.15, 0.2) is 36.5 Å². The van der Waals surface area contributed by atoms with Crippen LogP contribution in [-0.2, 0) is 11.3 Å². The first-order chi connectivity index (χ1) is 9.35. The lowest BCUT2D eigenvalue weighted by atomic mass is 10.1. The minimum Gasteiger partial charge on any atom is -0.383 e. The van der Waals surface area contributed by atoms with Crippen molar-refractivity contribution in [1.29, 1.82) is 0 Å². The van der Waals surface area contributed by atoms with Gasteiger partial charge < -0.3 is 4.74 Å². The van der Waals surface area contributed by atoms with Crippen molar-refractivity contribution in [3.05, 3.63) is 42.1 Å². The second-order valence-electron chi connectivity index (χ2n) is 4.45. The number of alkyl halides is 1. The highest BCUT2D eigenvalue weighted by atomic mass is 79.9. The highest BCUT2D eigenvalue weighted by molar-refractivity contribution is 9.09. The van der Waals surface area contributed by atoms with Crippen molar-refractivity contribution in [3.63, 3.8) is 0 Å². The number of rotatable bonds is 7. The van der Waals surface area contributed by atoms with Gasteiger partial charge in [0.25, 0.3) is 0 Å². The smallest absolute Gasteiger partial charge is 0.0705 e. The molecule has 1 aromatic carbocycles. The van der Waals surface area contributed by atoms with Crippen molar-refractivity contribution in [1.82, 2.24) is 9.88 Å². The number of para-hydroxylation sites is 1. The van der Waals surface area contributed by atoms with Crippen LogP contribution in [-0.4, -0.2) is 42.0 Å². The molecule has 0 saturated heterocycles. The fourth-order valence-corrected chi connectivity index (χ4v) is 2.65. The molecule has 1 aromatic heterocycles. The molecule has 0 amide bonds. The summed E-state index contributed by atoms with van der Waals surface area (Å²) in [7, 11) is 1.74. The van der Waals surface area contributed by atoms with Gasteiger partial charge in [-0.3, -0.25) is 9.88 Å². The molecule has 2 rings (SSSR count). The van der Waals surface area contributed by atoms with Crippen LogP contribution in [0.5, 0.6) is 0 Å². The van der Waals surface area contributed by atoms with Gasteiger partial charge in [-0.25, -0.2) is 0 Å². The summed E-state index contributed by atoms with van der Waals surface area (Å²) in [4.78, 5) is 6.79. The van der Waals surface area contributed by atoms with Gasteiger partial charge in [0.05, 0.1) is 12.1 Å². The monoisotopic (exact) mass is 322 g/mol. The van der Waals surface area contributed by atoms with E-state index in [9.17, 15) is 0 Å². The third-order valence-electron chi connectivity index (χ3n) is 3.15. The predicted molar refractivity (Wildman–Crippen MR) is 82.7 cm³/mol. The number of benzene rings is 1. The van der Waals surface area contributed by atoms with E-state index in [1.807, 2.05) is 12.3 Å². The topological polar surface area (TPSA) is 25.4 Å². The van der Waals surface area contributed by atoms with Crippen molar-refractivity contribution < 1.29 is 4.74 Å². The summed E-state index contributed by atoms with van der Waals surface area (Å²) in [6.07, 6.45) is 1.89. The fraction of sp³-hybridized carbons (Fsp3) is 0.400. The molecule has 0 N–H and O–H groups in total. The lowest BCUT2D eigenvalue weighted by Gasteiger charge is -2.21. The Morgan fingerprint density at radius 3 is 2.84 bits per heavy atom. The van der Waals surface area contributed by atoms with E-state index in [1.54, 1.807) is 7.11 Å². The zero-order valence-corrected chi connectivity index (χ0v) is 12.8. The Hall–Kier alpha value is -0.970. The maximum Gasteiger partial charge on any atom is 0.0705 e. The normalized spacial score (nSPS) is 11.3. The van der Waals surface area contributed by atoms with Crippen LogP contribution in [0.1, 0.15) is 5.56 Å². The Bertz CT molecular complexity index is 513. The number of aromatic nitrogens is 1. The van der Waals surface area contributed by atoms with Crippen LogP contribution in [0.3, 0.4) is 0 Å². The molecule has 0 saturated carbocycles. The first-order valence-electron chi connectivity index (χ1n) is 6.45. The van der Waals surface area contributed by atoms with Gasteiger partial charge in [-0.1, -0.05) is 34.1 Å². The van der Waals surface area contributed by atoms with Crippen LogP contribution in [0.25, 0.3) is 10.9 Å². The number of pyridine rings is 1. The molecule has 4 heteroatoms. The van der Waals surface area contributed by atoms with Crippen LogP contribution in [0.2, 0.25) is 0 Å². The van der Waals surface area contributed by atoms with Crippen molar-refractivity contribution >= 4 is 26.8 Å². The lowest BCUT2D eigenvalue weighted by Crippen LogP contribution is -2.28. The van der Waals surface area contributed by atoms with E-state index in [2.05, 4.69) is 50.1 Å². The Kier molecular flexibility index (Phi) is 5.76. The van der Waals surface area contributed by atoms with E-state index >= 15 is 0 Å². The summed E-state index contributed by atoms with van der Waals surface area (Å²) in [6, 6.07) is 10.4. The Morgan fingerprint density at radius 2 is 2.05 bits per heavy atom. The van der Waals surface area contributed by atoms with Gasteiger partial charge in [-0.2, -0.15) is 0 Å². The number of fused-ring (bicyclic) bond motifs is 1. The van der Waals surface area contributed by atoms with Crippen LogP contribution in [0, 0.1) is 0 Å². The predicted octanol–water partition coefficient (Wildman–Crippen LogP) is 3.08. The third-order valence-corrected chi connectivity index (χ3v) is 3.50. The molecule has 0 spiro atoms. The van der Waals surface area contributed by atoms with Crippen molar-refractivity contribution in [3.8, 4) is 0 Å². The van der Waals surface area contributed by atoms with Gasteiger partial charge in [0.1, 0.15) is 0 Å². The quantitative estimate of drug-likeness (QED) is 0.732. The Labute approximate surface area is 122 Å². The largest absolute Gasteiger partial charge is 0.383 e. The molecule has 2 aromatic rings. The Balaban J connectivity index is 2.18. The molecule has 0 bridgehead atoms. The highest BCUT2D eigenvalue weighted by Gasteiger charge is 2.08. The summed E-state index contributed by atoms with van der Waals surface area (Å²) < 4.78 is 5.17. The average molecular weight is 323 g/mol. The first-order valence-corrected chi connectivity index (χ1v) is 7.57. The minimum atomic E-state index is 0.760. The van der Waals surface area contributed by atoms with Crippen molar-refractivity contribution in [2.45, 2.75) is 6.54 Å². The van der Waals surface area contributed by atoms with Crippen LogP contribution in [0.4, 0.5) is 0 Å². The van der Waals surface area contributed by atoms with Crippen LogP contribution < -0.4 is 0 Å². The maximum absolute atomic E-state index is 5.17. The molecule has 19 heavy (non-hydrogen) atoms. The van der Waals surface area contributed by atoms with Gasteiger partial charge in [0.15, 0.2) is 0 Å². The summed E-state index contributed by atoms with van der Waals surface area (Å²) in [6.45, 7) is 3.65. The summed E-state index contributed by atoms with van der Waals surface area (Å²) in [5.74, 6) is 0. The van der Waals surface area contributed by atoms with Gasteiger partial charge in [-0.15, -0.1) is 0 Å². The van der Waals surface area contributed by atoms with E-state index in [0.29, 0.717) is 0 Å². The standard InChI is InChI=1S/C15H19BrN2O/c1-19-11-10-18(9-7-16)12-13-6-8-17-15-5-3-2-4-14(13)15/h2-6,8H,7,9-12H2,1H3. The van der Waals surface area contributed by atoms with Crippen LogP contribution >= 0.6 is 15.9 Å². The first kappa shape index (κ1) is 14.4. The SMILES string of the molecule is COCCN(CCBr)Cc1ccnc2ccccc12. The number of hydrogen-bond acceptors (Lipinski definition) is 3. The van der Waals surface area contributed by atoms with Crippen molar-refractivity contribution in [2.24, 2.45) is 0 Å². The number of methoxy groups -OCH3 is 1. The molecular weight excluding hydrogens is 304 g/mol. The second-order valence-corrected chi connectivity index (χ2v) is 5.24. The van der Waals surface area contributed by atoms with Gasteiger partial charge in [0.2, 0.25) is 0 Å². The number of ether oxygens (including phenoxy) is 1. The van der Waals surface area contributed by atoms with Crippen molar-refractivity contribution in [2.75, 3.05) is 32.1 Å². The average Bonchev–Trinajstić information content (AvgIpc) is 2.45. The van der Waals surface area contributed by atoms with E-state index in [4.69, 9.17) is 4.74 Å². The van der Waals surface area contributed by atoms with E-state index in [1.165, 1.54) is 10.9 Å². The highest BCUT2D eigenvalue weighted by Crippen LogP contribution is 2.17. The molecule has 0 aliphatic carbocycles.